The van der Waals surface area contributed by atoms with Gasteiger partial charge in [-0.2, -0.15) is 0 Å². The van der Waals surface area contributed by atoms with Crippen LogP contribution < -0.4 is 0 Å². The van der Waals surface area contributed by atoms with Gasteiger partial charge in [-0.25, -0.2) is 12.7 Å². The molecule has 1 aliphatic heterocycles. The molecule has 0 bridgehead atoms. The van der Waals surface area contributed by atoms with Crippen LogP contribution in [0.5, 0.6) is 0 Å². The first-order chi connectivity index (χ1) is 13.9. The third kappa shape index (κ3) is 5.26. The molecule has 6 heteroatoms. The highest BCUT2D eigenvalue weighted by Crippen LogP contribution is 2.20. The molecule has 0 saturated carbocycles. The van der Waals surface area contributed by atoms with Crippen molar-refractivity contribution in [3.05, 3.63) is 65.2 Å². The lowest BCUT2D eigenvalue weighted by Crippen LogP contribution is -2.38. The van der Waals surface area contributed by atoms with E-state index in [0.717, 1.165) is 9.87 Å². The number of hydrogen-bond donors (Lipinski definition) is 1. The molecule has 1 unspecified atom stereocenters. The first-order valence-corrected chi connectivity index (χ1v) is 11.2. The van der Waals surface area contributed by atoms with Crippen molar-refractivity contribution in [2.45, 2.75) is 50.0 Å². The number of nitrogens with zero attached hydrogens (tertiary/aromatic N) is 1. The molecule has 29 heavy (non-hydrogen) atoms. The van der Waals surface area contributed by atoms with Crippen molar-refractivity contribution in [3.63, 3.8) is 0 Å². The Hall–Kier alpha value is -2.62. The molecule has 0 aliphatic carbocycles. The van der Waals surface area contributed by atoms with Crippen LogP contribution in [-0.4, -0.2) is 36.4 Å². The summed E-state index contributed by atoms with van der Waals surface area (Å²) in [7, 11) is -3.94. The third-order valence-corrected chi connectivity index (χ3v) is 6.79. The van der Waals surface area contributed by atoms with Gasteiger partial charge in [0.2, 0.25) is 5.91 Å². The van der Waals surface area contributed by atoms with Gasteiger partial charge in [-0.15, -0.1) is 0 Å². The van der Waals surface area contributed by atoms with Gasteiger partial charge >= 0.3 is 0 Å². The van der Waals surface area contributed by atoms with Gasteiger partial charge in [0.25, 0.3) is 10.0 Å². The van der Waals surface area contributed by atoms with Gasteiger partial charge in [0.1, 0.15) is 6.10 Å². The highest BCUT2D eigenvalue weighted by atomic mass is 32.2. The molecule has 0 radical (unpaired) electrons. The number of aliphatic hydroxyl groups is 1. The minimum atomic E-state index is -3.94. The largest absolute Gasteiger partial charge is 0.380 e. The second kappa shape index (κ2) is 9.25. The molecule has 1 heterocycles. The van der Waals surface area contributed by atoms with E-state index < -0.39 is 22.0 Å². The number of fused-ring (bicyclic) bond motifs is 1. The van der Waals surface area contributed by atoms with Crippen molar-refractivity contribution in [1.29, 1.82) is 0 Å². The van der Waals surface area contributed by atoms with E-state index in [1.54, 1.807) is 30.3 Å². The average molecular weight is 412 g/mol. The third-order valence-electron chi connectivity index (χ3n) is 4.96. The normalized spacial score (nSPS) is 18.5. The smallest absolute Gasteiger partial charge is 0.266 e. The van der Waals surface area contributed by atoms with Crippen LogP contribution in [0.1, 0.15) is 42.4 Å². The summed E-state index contributed by atoms with van der Waals surface area (Å²) >= 11 is 0. The Bertz CT molecular complexity index is 1030. The number of aryl methyl sites for hydroxylation is 1. The topological polar surface area (TPSA) is 74.7 Å². The summed E-state index contributed by atoms with van der Waals surface area (Å²) in [5.41, 5.74) is 2.23. The first kappa shape index (κ1) is 21.1. The van der Waals surface area contributed by atoms with Crippen molar-refractivity contribution in [1.82, 2.24) is 4.31 Å². The summed E-state index contributed by atoms with van der Waals surface area (Å²) < 4.78 is 27.4. The van der Waals surface area contributed by atoms with Crippen LogP contribution in [-0.2, 0) is 21.2 Å². The molecule has 1 atom stereocenters. The standard InChI is InChI=1S/C23H25NO4S/c1-18-10-14-22(15-11-18)29(27,28)24-16-6-2-3-9-21(25)13-12-19-7-4-5-8-20(19)17-23(24)26/h4-5,7-8,10-11,14-15,21,25H,2-3,6,9,16-17H2,1H3. The Kier molecular flexibility index (Phi) is 6.73. The van der Waals surface area contributed by atoms with E-state index in [9.17, 15) is 18.3 Å². The van der Waals surface area contributed by atoms with Gasteiger partial charge in [-0.3, -0.25) is 4.79 Å². The SMILES string of the molecule is Cc1ccc(S(=O)(=O)N2CCCCCC(O)C#Cc3ccccc3CC2=O)cc1. The lowest BCUT2D eigenvalue weighted by molar-refractivity contribution is -0.125. The predicted molar refractivity (Wildman–Crippen MR) is 112 cm³/mol. The number of sulfonamides is 1. The minimum absolute atomic E-state index is 0.0635. The fraction of sp³-hybridized carbons (Fsp3) is 0.348. The predicted octanol–water partition coefficient (Wildman–Crippen LogP) is 3.04. The minimum Gasteiger partial charge on any atom is -0.380 e. The van der Waals surface area contributed by atoms with Crippen molar-refractivity contribution in [3.8, 4) is 11.8 Å². The van der Waals surface area contributed by atoms with Crippen molar-refractivity contribution < 1.29 is 18.3 Å². The fourth-order valence-corrected chi connectivity index (χ4v) is 4.70. The number of amides is 1. The molecule has 1 N–H and O–H groups in total. The van der Waals surface area contributed by atoms with Crippen molar-refractivity contribution in [2.75, 3.05) is 6.54 Å². The lowest BCUT2D eigenvalue weighted by Gasteiger charge is -2.23. The van der Waals surface area contributed by atoms with E-state index >= 15 is 0 Å². The van der Waals surface area contributed by atoms with Crippen LogP contribution in [0.2, 0.25) is 0 Å². The highest BCUT2D eigenvalue weighted by Gasteiger charge is 2.29. The summed E-state index contributed by atoms with van der Waals surface area (Å²) in [4.78, 5) is 13.2. The highest BCUT2D eigenvalue weighted by molar-refractivity contribution is 7.89. The first-order valence-electron chi connectivity index (χ1n) is 9.77. The van der Waals surface area contributed by atoms with Crippen LogP contribution in [0.15, 0.2) is 53.4 Å². The molecular formula is C23H25NO4S. The van der Waals surface area contributed by atoms with Crippen molar-refractivity contribution in [2.24, 2.45) is 0 Å². The van der Waals surface area contributed by atoms with E-state index in [1.807, 2.05) is 13.0 Å². The molecular weight excluding hydrogens is 386 g/mol. The Morgan fingerprint density at radius 3 is 2.52 bits per heavy atom. The van der Waals surface area contributed by atoms with Crippen LogP contribution >= 0.6 is 0 Å². The molecule has 2 aromatic rings. The van der Waals surface area contributed by atoms with Gasteiger partial charge in [0.05, 0.1) is 11.3 Å². The van der Waals surface area contributed by atoms with Crippen LogP contribution in [0.3, 0.4) is 0 Å². The average Bonchev–Trinajstić information content (AvgIpc) is 2.70. The summed E-state index contributed by atoms with van der Waals surface area (Å²) in [5.74, 6) is 5.30. The van der Waals surface area contributed by atoms with Crippen molar-refractivity contribution >= 4 is 15.9 Å². The maximum atomic E-state index is 13.2. The zero-order chi connectivity index (χ0) is 20.9. The fourth-order valence-electron chi connectivity index (χ4n) is 3.27. The molecule has 0 aromatic heterocycles. The number of aliphatic hydroxyl groups excluding tert-OH is 1. The zero-order valence-corrected chi connectivity index (χ0v) is 17.3. The lowest BCUT2D eigenvalue weighted by atomic mass is 10.0. The van der Waals surface area contributed by atoms with Crippen LogP contribution in [0.4, 0.5) is 0 Å². The van der Waals surface area contributed by atoms with E-state index in [0.29, 0.717) is 36.8 Å². The Labute approximate surface area is 172 Å². The second-order valence-electron chi connectivity index (χ2n) is 7.25. The second-order valence-corrected chi connectivity index (χ2v) is 9.11. The van der Waals surface area contributed by atoms with E-state index in [4.69, 9.17) is 0 Å². The maximum absolute atomic E-state index is 13.2. The number of benzene rings is 2. The molecule has 0 fully saturated rings. The Morgan fingerprint density at radius 2 is 1.76 bits per heavy atom. The number of carbonyl (C=O) groups is 1. The molecule has 1 aliphatic rings. The van der Waals surface area contributed by atoms with Gasteiger partial charge in [0, 0.05) is 12.1 Å². The number of carbonyl (C=O) groups excluding carboxylic acids is 1. The summed E-state index contributed by atoms with van der Waals surface area (Å²) in [6.45, 7) is 2.00. The Balaban J connectivity index is 1.97. The van der Waals surface area contributed by atoms with Crippen LogP contribution in [0, 0.1) is 18.8 Å². The van der Waals surface area contributed by atoms with Gasteiger partial charge < -0.3 is 5.11 Å². The van der Waals surface area contributed by atoms with E-state index in [-0.39, 0.29) is 17.9 Å². The molecule has 0 saturated heterocycles. The van der Waals surface area contributed by atoms with E-state index in [2.05, 4.69) is 11.8 Å². The summed E-state index contributed by atoms with van der Waals surface area (Å²) in [5, 5.41) is 10.0. The van der Waals surface area contributed by atoms with E-state index in [1.165, 1.54) is 12.1 Å². The van der Waals surface area contributed by atoms with Crippen LogP contribution in [0.25, 0.3) is 0 Å². The van der Waals surface area contributed by atoms with Gasteiger partial charge in [0.15, 0.2) is 0 Å². The molecule has 0 spiro atoms. The summed E-state index contributed by atoms with van der Waals surface area (Å²) in [6, 6.07) is 13.7. The maximum Gasteiger partial charge on any atom is 0.266 e. The quantitative estimate of drug-likeness (QED) is 0.771. The number of hydrogen-bond acceptors (Lipinski definition) is 4. The monoisotopic (exact) mass is 411 g/mol. The zero-order valence-electron chi connectivity index (χ0n) is 16.5. The molecule has 2 aromatic carbocycles. The summed E-state index contributed by atoms with van der Waals surface area (Å²) in [6.07, 6.45) is 1.69. The Morgan fingerprint density at radius 1 is 1.03 bits per heavy atom. The van der Waals surface area contributed by atoms with Gasteiger partial charge in [-0.05, 0) is 49.9 Å². The molecule has 1 amide bonds. The molecule has 5 nitrogen and oxygen atoms in total. The van der Waals surface area contributed by atoms with Gasteiger partial charge in [-0.1, -0.05) is 54.2 Å². The molecule has 3 rings (SSSR count). The molecule has 152 valence electrons. The number of rotatable bonds is 2.